The van der Waals surface area contributed by atoms with Gasteiger partial charge in [0.25, 0.3) is 5.91 Å². The molecule has 1 aromatic rings. The van der Waals surface area contributed by atoms with E-state index in [0.717, 1.165) is 34.8 Å². The molecule has 1 aliphatic heterocycles. The van der Waals surface area contributed by atoms with Crippen molar-refractivity contribution in [2.75, 3.05) is 20.3 Å². The Bertz CT molecular complexity index is 518. The van der Waals surface area contributed by atoms with Crippen LogP contribution in [-0.4, -0.2) is 42.9 Å². The van der Waals surface area contributed by atoms with Crippen LogP contribution in [0.3, 0.4) is 0 Å². The van der Waals surface area contributed by atoms with Gasteiger partial charge in [0.05, 0.1) is 18.8 Å². The van der Waals surface area contributed by atoms with Crippen molar-refractivity contribution in [3.05, 3.63) is 33.4 Å². The van der Waals surface area contributed by atoms with Gasteiger partial charge in [-0.2, -0.15) is 0 Å². The lowest BCUT2D eigenvalue weighted by Gasteiger charge is -2.39. The molecule has 21 heavy (non-hydrogen) atoms. The highest BCUT2D eigenvalue weighted by atomic mass is 127. The van der Waals surface area contributed by atoms with Crippen LogP contribution in [0.2, 0.25) is 0 Å². The molecule has 1 saturated carbocycles. The lowest BCUT2D eigenvalue weighted by molar-refractivity contribution is -0.182. The third kappa shape index (κ3) is 3.10. The highest BCUT2D eigenvalue weighted by molar-refractivity contribution is 14.1. The van der Waals surface area contributed by atoms with Gasteiger partial charge >= 0.3 is 0 Å². The maximum atomic E-state index is 12.6. The first-order valence-corrected chi connectivity index (χ1v) is 8.49. The fraction of sp³-hybridized carbons (Fsp3) is 0.562. The Morgan fingerprint density at radius 2 is 1.86 bits per heavy atom. The molecule has 1 aromatic carbocycles. The van der Waals surface area contributed by atoms with Gasteiger partial charge in [0.2, 0.25) is 0 Å². The molecule has 5 heteroatoms. The zero-order chi connectivity index (χ0) is 14.9. The minimum Gasteiger partial charge on any atom is -0.348 e. The van der Waals surface area contributed by atoms with Gasteiger partial charge in [0.1, 0.15) is 0 Å². The minimum atomic E-state index is -0.360. The third-order valence-electron chi connectivity index (χ3n) is 4.50. The molecule has 0 N–H and O–H groups in total. The van der Waals surface area contributed by atoms with Gasteiger partial charge in [-0.15, -0.1) is 0 Å². The average Bonchev–Trinajstić information content (AvgIpc) is 2.95. The monoisotopic (exact) mass is 401 g/mol. The first-order chi connectivity index (χ1) is 10.1. The molecule has 1 spiro atoms. The number of hydrogen-bond donors (Lipinski definition) is 0. The van der Waals surface area contributed by atoms with Crippen LogP contribution in [0.25, 0.3) is 0 Å². The number of amides is 1. The number of nitrogens with zero attached hydrogens (tertiary/aromatic N) is 1. The summed E-state index contributed by atoms with van der Waals surface area (Å²) in [7, 11) is 1.91. The number of halogens is 1. The summed E-state index contributed by atoms with van der Waals surface area (Å²) < 4.78 is 12.5. The van der Waals surface area contributed by atoms with E-state index in [9.17, 15) is 4.79 Å². The molecule has 1 heterocycles. The minimum absolute atomic E-state index is 0.106. The van der Waals surface area contributed by atoms with E-state index in [2.05, 4.69) is 22.6 Å². The van der Waals surface area contributed by atoms with E-state index in [1.165, 1.54) is 0 Å². The molecule has 0 bridgehead atoms. The molecule has 0 unspecified atom stereocenters. The molecule has 0 aromatic heterocycles. The highest BCUT2D eigenvalue weighted by Crippen LogP contribution is 2.37. The van der Waals surface area contributed by atoms with Crippen LogP contribution in [0.5, 0.6) is 0 Å². The second kappa shape index (κ2) is 6.22. The smallest absolute Gasteiger partial charge is 0.254 e. The molecule has 3 rings (SSSR count). The van der Waals surface area contributed by atoms with Gasteiger partial charge in [-0.25, -0.2) is 0 Å². The van der Waals surface area contributed by atoms with Crippen LogP contribution in [0, 0.1) is 3.57 Å². The predicted molar refractivity (Wildman–Crippen MR) is 88.1 cm³/mol. The van der Waals surface area contributed by atoms with E-state index in [1.54, 1.807) is 0 Å². The molecule has 1 aliphatic carbocycles. The Kier molecular flexibility index (Phi) is 4.51. The maximum Gasteiger partial charge on any atom is 0.254 e. The van der Waals surface area contributed by atoms with E-state index in [1.807, 2.05) is 36.2 Å². The maximum absolute atomic E-state index is 12.6. The van der Waals surface area contributed by atoms with Crippen LogP contribution < -0.4 is 0 Å². The van der Waals surface area contributed by atoms with Crippen molar-refractivity contribution in [1.29, 1.82) is 0 Å². The summed E-state index contributed by atoms with van der Waals surface area (Å²) in [6, 6.07) is 8.01. The third-order valence-corrected chi connectivity index (χ3v) is 5.44. The summed E-state index contributed by atoms with van der Waals surface area (Å²) in [6.45, 7) is 1.39. The summed E-state index contributed by atoms with van der Waals surface area (Å²) >= 11 is 2.22. The molecule has 2 fully saturated rings. The zero-order valence-corrected chi connectivity index (χ0v) is 14.3. The van der Waals surface area contributed by atoms with Crippen LogP contribution in [0.1, 0.15) is 36.0 Å². The summed E-state index contributed by atoms with van der Waals surface area (Å²) in [5.41, 5.74) is 0.786. The van der Waals surface area contributed by atoms with Gasteiger partial charge in [0, 0.05) is 29.5 Å². The number of benzene rings is 1. The van der Waals surface area contributed by atoms with E-state index < -0.39 is 0 Å². The Hall–Kier alpha value is -0.660. The van der Waals surface area contributed by atoms with Crippen molar-refractivity contribution in [2.24, 2.45) is 0 Å². The molecule has 1 amide bonds. The number of carbonyl (C=O) groups is 1. The van der Waals surface area contributed by atoms with Gasteiger partial charge < -0.3 is 14.4 Å². The molecule has 0 radical (unpaired) electrons. The molecule has 4 nitrogen and oxygen atoms in total. The lowest BCUT2D eigenvalue weighted by Crippen LogP contribution is -2.45. The first kappa shape index (κ1) is 15.2. The number of hydrogen-bond acceptors (Lipinski definition) is 3. The SMILES string of the molecule is CN(C(=O)c1ccccc1I)C1CCC2(CC1)OCCO2. The van der Waals surface area contributed by atoms with Crippen LogP contribution in [0.15, 0.2) is 24.3 Å². The number of rotatable bonds is 2. The van der Waals surface area contributed by atoms with Crippen molar-refractivity contribution >= 4 is 28.5 Å². The Labute approximate surface area is 138 Å². The van der Waals surface area contributed by atoms with Crippen molar-refractivity contribution in [3.63, 3.8) is 0 Å². The van der Waals surface area contributed by atoms with Crippen molar-refractivity contribution in [3.8, 4) is 0 Å². The normalized spacial score (nSPS) is 21.6. The summed E-state index contributed by atoms with van der Waals surface area (Å²) in [4.78, 5) is 14.5. The Balaban J connectivity index is 1.65. The van der Waals surface area contributed by atoms with Gasteiger partial charge in [0.15, 0.2) is 5.79 Å². The predicted octanol–water partition coefficient (Wildman–Crippen LogP) is 3.05. The van der Waals surface area contributed by atoms with Crippen LogP contribution >= 0.6 is 22.6 Å². The zero-order valence-electron chi connectivity index (χ0n) is 12.2. The van der Waals surface area contributed by atoms with Crippen LogP contribution in [0.4, 0.5) is 0 Å². The largest absolute Gasteiger partial charge is 0.348 e. The second-order valence-corrected chi connectivity index (χ2v) is 6.90. The molecular weight excluding hydrogens is 381 g/mol. The number of ether oxygens (including phenoxy) is 2. The molecule has 0 atom stereocenters. The second-order valence-electron chi connectivity index (χ2n) is 5.73. The highest BCUT2D eigenvalue weighted by Gasteiger charge is 2.41. The summed E-state index contributed by atoms with van der Waals surface area (Å²) in [5, 5.41) is 0. The molecule has 114 valence electrons. The molecule has 2 aliphatic rings. The van der Waals surface area contributed by atoms with E-state index in [-0.39, 0.29) is 17.7 Å². The summed E-state index contributed by atoms with van der Waals surface area (Å²) in [6.07, 6.45) is 3.62. The molecular formula is C16H20INO3. The topological polar surface area (TPSA) is 38.8 Å². The van der Waals surface area contributed by atoms with E-state index in [0.29, 0.717) is 13.2 Å². The summed E-state index contributed by atoms with van der Waals surface area (Å²) in [5.74, 6) is -0.254. The fourth-order valence-corrected chi connectivity index (χ4v) is 3.82. The van der Waals surface area contributed by atoms with Crippen molar-refractivity contribution < 1.29 is 14.3 Å². The Morgan fingerprint density at radius 3 is 2.48 bits per heavy atom. The van der Waals surface area contributed by atoms with Gasteiger partial charge in [-0.3, -0.25) is 4.79 Å². The quantitative estimate of drug-likeness (QED) is 0.716. The lowest BCUT2D eigenvalue weighted by atomic mass is 9.89. The van der Waals surface area contributed by atoms with Gasteiger partial charge in [-0.1, -0.05) is 12.1 Å². The Morgan fingerprint density at radius 1 is 1.24 bits per heavy atom. The van der Waals surface area contributed by atoms with Gasteiger partial charge in [-0.05, 0) is 47.6 Å². The first-order valence-electron chi connectivity index (χ1n) is 7.41. The van der Waals surface area contributed by atoms with E-state index >= 15 is 0 Å². The number of carbonyl (C=O) groups excluding carboxylic acids is 1. The van der Waals surface area contributed by atoms with Crippen LogP contribution in [-0.2, 0) is 9.47 Å². The van der Waals surface area contributed by atoms with Crippen molar-refractivity contribution in [1.82, 2.24) is 4.90 Å². The van der Waals surface area contributed by atoms with Crippen molar-refractivity contribution in [2.45, 2.75) is 37.5 Å². The fourth-order valence-electron chi connectivity index (χ4n) is 3.21. The van der Waals surface area contributed by atoms with E-state index in [4.69, 9.17) is 9.47 Å². The average molecular weight is 401 g/mol. The standard InChI is InChI=1S/C16H20INO3/c1-18(15(19)13-4-2-3-5-14(13)17)12-6-8-16(9-7-12)20-10-11-21-16/h2-5,12H,6-11H2,1H3. The molecule has 1 saturated heterocycles.